The molecule has 4 nitrogen and oxygen atoms in total. The molecular formula is C6H13NO3S. The third kappa shape index (κ3) is 2.15. The maximum atomic E-state index is 11.0. The van der Waals surface area contributed by atoms with Gasteiger partial charge < -0.3 is 5.11 Å². The minimum Gasteiger partial charge on any atom is -0.395 e. The fraction of sp³-hybridized carbons (Fsp3) is 1.00. The molecule has 0 aromatic heterocycles. The van der Waals surface area contributed by atoms with Gasteiger partial charge >= 0.3 is 0 Å². The first-order valence-electron chi connectivity index (χ1n) is 3.57. The molecule has 0 amide bonds. The highest BCUT2D eigenvalue weighted by atomic mass is 32.2. The van der Waals surface area contributed by atoms with Crippen LogP contribution in [0.25, 0.3) is 0 Å². The van der Waals surface area contributed by atoms with Crippen LogP contribution in [0.4, 0.5) is 0 Å². The molecule has 1 aliphatic rings. The quantitative estimate of drug-likeness (QED) is 0.544. The number of rotatable bonds is 1. The lowest BCUT2D eigenvalue weighted by Crippen LogP contribution is -2.48. The molecule has 0 saturated carbocycles. The molecule has 0 spiro atoms. The van der Waals surface area contributed by atoms with Crippen LogP contribution in [0.1, 0.15) is 0 Å². The Bertz CT molecular complexity index is 224. The standard InChI is InChI=1S/C6H13NO3S/c1-7-2-3-11(9,10)5-6(7)4-8/h6,8H,2-5H2,1H3. The second kappa shape index (κ2) is 3.08. The fourth-order valence-electron chi connectivity index (χ4n) is 1.16. The van der Waals surface area contributed by atoms with E-state index in [1.165, 1.54) is 0 Å². The first-order chi connectivity index (χ1) is 5.05. The van der Waals surface area contributed by atoms with Crippen LogP contribution in [0, 0.1) is 0 Å². The summed E-state index contributed by atoms with van der Waals surface area (Å²) in [5.74, 6) is 0.319. The highest BCUT2D eigenvalue weighted by Gasteiger charge is 2.27. The average Bonchev–Trinajstić information content (AvgIpc) is 1.94. The molecular weight excluding hydrogens is 166 g/mol. The second-order valence-corrected chi connectivity index (χ2v) is 5.16. The maximum absolute atomic E-state index is 11.0. The zero-order valence-corrected chi connectivity index (χ0v) is 7.34. The number of nitrogens with zero attached hydrogens (tertiary/aromatic N) is 1. The fourth-order valence-corrected chi connectivity index (χ4v) is 2.84. The van der Waals surface area contributed by atoms with Crippen LogP contribution in [0.3, 0.4) is 0 Å². The van der Waals surface area contributed by atoms with E-state index in [1.807, 2.05) is 11.9 Å². The molecule has 66 valence electrons. The van der Waals surface area contributed by atoms with Crippen molar-refractivity contribution in [1.29, 1.82) is 0 Å². The van der Waals surface area contributed by atoms with Crippen LogP contribution >= 0.6 is 0 Å². The number of aliphatic hydroxyl groups is 1. The van der Waals surface area contributed by atoms with E-state index in [9.17, 15) is 8.42 Å². The van der Waals surface area contributed by atoms with E-state index >= 15 is 0 Å². The normalized spacial score (nSPS) is 32.0. The number of hydrogen-bond donors (Lipinski definition) is 1. The summed E-state index contributed by atoms with van der Waals surface area (Å²) in [5, 5.41) is 8.79. The first kappa shape index (κ1) is 8.96. The Morgan fingerprint density at radius 1 is 1.64 bits per heavy atom. The Hall–Kier alpha value is -0.130. The Labute approximate surface area is 66.7 Å². The summed E-state index contributed by atoms with van der Waals surface area (Å²) in [5.41, 5.74) is 0. The molecule has 0 aliphatic carbocycles. The molecule has 0 bridgehead atoms. The van der Waals surface area contributed by atoms with Gasteiger partial charge in [0.1, 0.15) is 0 Å². The lowest BCUT2D eigenvalue weighted by Gasteiger charge is -2.30. The van der Waals surface area contributed by atoms with Crippen LogP contribution in [0.2, 0.25) is 0 Å². The van der Waals surface area contributed by atoms with Crippen LogP contribution in [-0.4, -0.2) is 56.2 Å². The Kier molecular flexibility index (Phi) is 2.51. The highest BCUT2D eigenvalue weighted by Crippen LogP contribution is 2.08. The molecule has 0 aromatic rings. The van der Waals surface area contributed by atoms with Crippen molar-refractivity contribution in [3.63, 3.8) is 0 Å². The Balaban J connectivity index is 2.66. The summed E-state index contributed by atoms with van der Waals surface area (Å²) in [4.78, 5) is 1.88. The van der Waals surface area contributed by atoms with Gasteiger partial charge in [0.25, 0.3) is 0 Å². The molecule has 1 heterocycles. The monoisotopic (exact) mass is 179 g/mol. The summed E-state index contributed by atoms with van der Waals surface area (Å²) >= 11 is 0. The van der Waals surface area contributed by atoms with Gasteiger partial charge in [-0.25, -0.2) is 8.42 Å². The van der Waals surface area contributed by atoms with Gasteiger partial charge in [-0.2, -0.15) is 0 Å². The van der Waals surface area contributed by atoms with E-state index < -0.39 is 9.84 Å². The van der Waals surface area contributed by atoms with Crippen molar-refractivity contribution in [3.05, 3.63) is 0 Å². The van der Waals surface area contributed by atoms with Gasteiger partial charge in [0.05, 0.1) is 18.1 Å². The lowest BCUT2D eigenvalue weighted by molar-refractivity contribution is 0.161. The average molecular weight is 179 g/mol. The van der Waals surface area contributed by atoms with Gasteiger partial charge in [-0.3, -0.25) is 4.90 Å². The van der Waals surface area contributed by atoms with Gasteiger partial charge in [-0.15, -0.1) is 0 Å². The van der Waals surface area contributed by atoms with E-state index in [4.69, 9.17) is 5.11 Å². The van der Waals surface area contributed by atoms with E-state index in [0.29, 0.717) is 6.54 Å². The van der Waals surface area contributed by atoms with Gasteiger partial charge in [0, 0.05) is 12.6 Å². The van der Waals surface area contributed by atoms with Gasteiger partial charge in [0.15, 0.2) is 9.84 Å². The molecule has 11 heavy (non-hydrogen) atoms. The Morgan fingerprint density at radius 3 is 2.73 bits per heavy atom. The predicted molar refractivity (Wildman–Crippen MR) is 42.2 cm³/mol. The molecule has 1 fully saturated rings. The van der Waals surface area contributed by atoms with Crippen LogP contribution < -0.4 is 0 Å². The number of hydrogen-bond acceptors (Lipinski definition) is 4. The molecule has 1 rings (SSSR count). The molecule has 0 radical (unpaired) electrons. The number of sulfone groups is 1. The molecule has 1 saturated heterocycles. The third-order valence-corrected chi connectivity index (χ3v) is 3.73. The van der Waals surface area contributed by atoms with E-state index in [1.54, 1.807) is 0 Å². The van der Waals surface area contributed by atoms with Gasteiger partial charge in [-0.1, -0.05) is 0 Å². The summed E-state index contributed by atoms with van der Waals surface area (Å²) < 4.78 is 22.1. The van der Waals surface area contributed by atoms with Gasteiger partial charge in [-0.05, 0) is 7.05 Å². The number of likely N-dealkylation sites (N-methyl/N-ethyl adjacent to an activating group) is 1. The predicted octanol–water partition coefficient (Wildman–Crippen LogP) is -1.29. The Morgan fingerprint density at radius 2 is 2.27 bits per heavy atom. The largest absolute Gasteiger partial charge is 0.395 e. The summed E-state index contributed by atoms with van der Waals surface area (Å²) in [7, 11) is -1.05. The smallest absolute Gasteiger partial charge is 0.153 e. The topological polar surface area (TPSA) is 57.6 Å². The van der Waals surface area contributed by atoms with E-state index in [-0.39, 0.29) is 24.2 Å². The van der Waals surface area contributed by atoms with Crippen LogP contribution in [-0.2, 0) is 9.84 Å². The van der Waals surface area contributed by atoms with Crippen LogP contribution in [0.15, 0.2) is 0 Å². The second-order valence-electron chi connectivity index (χ2n) is 2.93. The first-order valence-corrected chi connectivity index (χ1v) is 5.39. The molecule has 1 unspecified atom stereocenters. The lowest BCUT2D eigenvalue weighted by atomic mass is 10.3. The van der Waals surface area contributed by atoms with Crippen molar-refractivity contribution < 1.29 is 13.5 Å². The molecule has 1 atom stereocenters. The summed E-state index contributed by atoms with van der Waals surface area (Å²) in [6, 6.07) is -0.200. The van der Waals surface area contributed by atoms with Gasteiger partial charge in [0.2, 0.25) is 0 Å². The third-order valence-electron chi connectivity index (χ3n) is 2.04. The van der Waals surface area contributed by atoms with Crippen molar-refractivity contribution >= 4 is 9.84 Å². The molecule has 0 aromatic carbocycles. The maximum Gasteiger partial charge on any atom is 0.153 e. The summed E-state index contributed by atoms with van der Waals surface area (Å²) in [6.45, 7) is 0.462. The van der Waals surface area contributed by atoms with E-state index in [0.717, 1.165) is 0 Å². The highest BCUT2D eigenvalue weighted by molar-refractivity contribution is 7.91. The van der Waals surface area contributed by atoms with E-state index in [2.05, 4.69) is 0 Å². The zero-order valence-electron chi connectivity index (χ0n) is 6.52. The van der Waals surface area contributed by atoms with Crippen molar-refractivity contribution in [1.82, 2.24) is 4.90 Å². The van der Waals surface area contributed by atoms with Crippen molar-refractivity contribution in [3.8, 4) is 0 Å². The molecule has 1 N–H and O–H groups in total. The number of aliphatic hydroxyl groups excluding tert-OH is 1. The van der Waals surface area contributed by atoms with Crippen LogP contribution in [0.5, 0.6) is 0 Å². The molecule has 5 heteroatoms. The van der Waals surface area contributed by atoms with Crippen molar-refractivity contribution in [2.75, 3.05) is 31.7 Å². The summed E-state index contributed by atoms with van der Waals surface area (Å²) in [6.07, 6.45) is 0. The van der Waals surface area contributed by atoms with Crippen molar-refractivity contribution in [2.24, 2.45) is 0 Å². The minimum absolute atomic E-state index is 0.0737. The van der Waals surface area contributed by atoms with Crippen molar-refractivity contribution in [2.45, 2.75) is 6.04 Å². The zero-order chi connectivity index (χ0) is 8.48. The minimum atomic E-state index is -2.88. The molecule has 1 aliphatic heterocycles. The SMILES string of the molecule is CN1CCS(=O)(=O)CC1CO.